The Morgan fingerprint density at radius 3 is 2.51 bits per heavy atom. The van der Waals surface area contributed by atoms with Crippen molar-refractivity contribution in [2.75, 3.05) is 26.3 Å². The molecular weight excluding hydrogens is 494 g/mol. The van der Waals surface area contributed by atoms with Gasteiger partial charge in [0.15, 0.2) is 5.69 Å². The average Bonchev–Trinajstić information content (AvgIpc) is 3.34. The smallest absolute Gasteiger partial charge is 0.290 e. The number of morpholine rings is 1. The van der Waals surface area contributed by atoms with Crippen molar-refractivity contribution in [2.24, 2.45) is 0 Å². The van der Waals surface area contributed by atoms with Crippen LogP contribution in [0.5, 0.6) is 0 Å². The summed E-state index contributed by atoms with van der Waals surface area (Å²) in [5, 5.41) is 4.93. The number of thiophene rings is 1. The summed E-state index contributed by atoms with van der Waals surface area (Å²) in [6.45, 7) is 3.52. The molecule has 2 N–H and O–H groups in total. The molecule has 1 aromatic carbocycles. The highest BCUT2D eigenvalue weighted by Crippen LogP contribution is 2.26. The lowest BCUT2D eigenvalue weighted by molar-refractivity contribution is -0.121. The Balaban J connectivity index is 1.43. The number of sulfonamides is 1. The number of carbonyl (C=O) groups excluding carboxylic acids is 2. The van der Waals surface area contributed by atoms with Gasteiger partial charge in [-0.25, -0.2) is 13.1 Å². The van der Waals surface area contributed by atoms with Crippen LogP contribution in [0.15, 0.2) is 45.4 Å². The van der Waals surface area contributed by atoms with Gasteiger partial charge in [-0.1, -0.05) is 25.1 Å². The lowest BCUT2D eigenvalue weighted by atomic mass is 10.1. The van der Waals surface area contributed by atoms with Crippen molar-refractivity contribution < 1.29 is 22.7 Å². The van der Waals surface area contributed by atoms with Gasteiger partial charge in [0.2, 0.25) is 5.91 Å². The second-order valence-electron chi connectivity index (χ2n) is 7.84. The maximum atomic E-state index is 12.8. The Labute approximate surface area is 205 Å². The molecule has 3 heterocycles. The van der Waals surface area contributed by atoms with E-state index in [-0.39, 0.29) is 35.0 Å². The summed E-state index contributed by atoms with van der Waals surface area (Å²) in [5.41, 5.74) is 4.40. The predicted molar refractivity (Wildman–Crippen MR) is 130 cm³/mol. The number of aryl methyl sites for hydroxylation is 1. The molecule has 0 unspecified atom stereocenters. The molecule has 1 aliphatic rings. The van der Waals surface area contributed by atoms with Crippen molar-refractivity contribution in [2.45, 2.75) is 30.5 Å². The summed E-state index contributed by atoms with van der Waals surface area (Å²) in [7, 11) is -3.64. The van der Waals surface area contributed by atoms with Gasteiger partial charge in [0.05, 0.1) is 25.0 Å². The fourth-order valence-electron chi connectivity index (χ4n) is 3.66. The number of rotatable bonds is 7. The Morgan fingerprint density at radius 2 is 1.80 bits per heavy atom. The first-order chi connectivity index (χ1) is 16.8. The van der Waals surface area contributed by atoms with Gasteiger partial charge in [0.25, 0.3) is 21.5 Å². The summed E-state index contributed by atoms with van der Waals surface area (Å²) in [6, 6.07) is 9.71. The first kappa shape index (κ1) is 25.0. The quantitative estimate of drug-likeness (QED) is 0.442. The van der Waals surface area contributed by atoms with E-state index in [9.17, 15) is 22.8 Å². The second kappa shape index (κ2) is 10.6. The summed E-state index contributed by atoms with van der Waals surface area (Å²) < 4.78 is 33.5. The van der Waals surface area contributed by atoms with Crippen LogP contribution < -0.4 is 16.4 Å². The van der Waals surface area contributed by atoms with E-state index < -0.39 is 21.8 Å². The molecule has 0 radical (unpaired) electrons. The summed E-state index contributed by atoms with van der Waals surface area (Å²) in [6.07, 6.45) is 0.542. The molecule has 1 fully saturated rings. The van der Waals surface area contributed by atoms with Gasteiger partial charge in [0, 0.05) is 29.9 Å². The highest BCUT2D eigenvalue weighted by molar-refractivity contribution is 7.91. The van der Waals surface area contributed by atoms with Gasteiger partial charge in [0.1, 0.15) is 4.21 Å². The van der Waals surface area contributed by atoms with E-state index in [4.69, 9.17) is 4.74 Å². The van der Waals surface area contributed by atoms with Crippen LogP contribution in [0.4, 0.5) is 0 Å². The zero-order valence-electron chi connectivity index (χ0n) is 19.0. The van der Waals surface area contributed by atoms with E-state index >= 15 is 0 Å². The molecule has 186 valence electrons. The Hall–Kier alpha value is -3.13. The molecule has 13 heteroatoms. The van der Waals surface area contributed by atoms with Crippen LogP contribution in [0.2, 0.25) is 0 Å². The van der Waals surface area contributed by atoms with Gasteiger partial charge in [-0.2, -0.15) is 9.40 Å². The molecule has 0 spiro atoms. The monoisotopic (exact) mass is 519 g/mol. The standard InChI is InChI=1S/C22H25N5O6S2/c1-2-9-27-22(30)17-6-4-3-5-16(17)20(25-27)21(29)24-23-18(28)14-15-7-8-19(34-15)35(31,32)26-10-12-33-13-11-26/h3-8H,2,9-14H2,1H3,(H,23,28)(H,24,29). The molecule has 0 bridgehead atoms. The highest BCUT2D eigenvalue weighted by atomic mass is 32.2. The lowest BCUT2D eigenvalue weighted by Crippen LogP contribution is -2.43. The third-order valence-corrected chi connectivity index (χ3v) is 8.82. The molecule has 4 rings (SSSR count). The number of nitrogens with zero attached hydrogens (tertiary/aromatic N) is 3. The van der Waals surface area contributed by atoms with Gasteiger partial charge in [-0.15, -0.1) is 11.3 Å². The number of hydrogen-bond acceptors (Lipinski definition) is 8. The van der Waals surface area contributed by atoms with E-state index in [0.717, 1.165) is 11.3 Å². The van der Waals surface area contributed by atoms with E-state index in [0.29, 0.717) is 41.8 Å². The van der Waals surface area contributed by atoms with Crippen LogP contribution in [0.3, 0.4) is 0 Å². The average molecular weight is 520 g/mol. The number of benzene rings is 1. The molecule has 1 saturated heterocycles. The Kier molecular flexibility index (Phi) is 7.60. The van der Waals surface area contributed by atoms with Gasteiger partial charge < -0.3 is 4.74 Å². The number of hydrazine groups is 1. The normalized spacial score (nSPS) is 14.7. The molecule has 0 aliphatic carbocycles. The minimum absolute atomic E-state index is 0.0176. The summed E-state index contributed by atoms with van der Waals surface area (Å²) in [5.74, 6) is -1.19. The number of carbonyl (C=O) groups is 2. The number of fused-ring (bicyclic) bond motifs is 1. The number of ether oxygens (including phenoxy) is 1. The minimum Gasteiger partial charge on any atom is -0.379 e. The van der Waals surface area contributed by atoms with Gasteiger partial charge in [-0.05, 0) is 24.6 Å². The molecule has 1 aliphatic heterocycles. The molecule has 35 heavy (non-hydrogen) atoms. The number of amides is 2. The summed E-state index contributed by atoms with van der Waals surface area (Å²) >= 11 is 1.01. The largest absolute Gasteiger partial charge is 0.379 e. The molecule has 0 atom stereocenters. The molecule has 11 nitrogen and oxygen atoms in total. The third-order valence-electron chi connectivity index (χ3n) is 5.37. The fraction of sp³-hybridized carbons (Fsp3) is 0.364. The van der Waals surface area contributed by atoms with Crippen LogP contribution in [0.1, 0.15) is 28.7 Å². The van der Waals surface area contributed by atoms with Crippen LogP contribution in [0.25, 0.3) is 10.8 Å². The van der Waals surface area contributed by atoms with Gasteiger partial charge >= 0.3 is 0 Å². The van der Waals surface area contributed by atoms with E-state index in [1.165, 1.54) is 15.1 Å². The lowest BCUT2D eigenvalue weighted by Gasteiger charge is -2.25. The van der Waals surface area contributed by atoms with Crippen LogP contribution in [0, 0.1) is 0 Å². The topological polar surface area (TPSA) is 140 Å². The number of hydrogen-bond donors (Lipinski definition) is 2. The third kappa shape index (κ3) is 5.42. The zero-order valence-corrected chi connectivity index (χ0v) is 20.7. The van der Waals surface area contributed by atoms with Crippen molar-refractivity contribution >= 4 is 43.9 Å². The van der Waals surface area contributed by atoms with Crippen LogP contribution in [-0.2, 0) is 32.5 Å². The maximum absolute atomic E-state index is 12.8. The highest BCUT2D eigenvalue weighted by Gasteiger charge is 2.28. The molecule has 0 saturated carbocycles. The molecule has 2 amide bonds. The predicted octanol–water partition coefficient (Wildman–Crippen LogP) is 0.893. The first-order valence-electron chi connectivity index (χ1n) is 11.1. The first-order valence-corrected chi connectivity index (χ1v) is 13.3. The van der Waals surface area contributed by atoms with Crippen LogP contribution in [-0.4, -0.2) is 60.6 Å². The number of nitrogens with one attached hydrogen (secondary N) is 2. The van der Waals surface area contributed by atoms with Crippen molar-refractivity contribution in [1.82, 2.24) is 24.9 Å². The van der Waals surface area contributed by atoms with E-state index in [1.807, 2.05) is 6.92 Å². The van der Waals surface area contributed by atoms with Crippen LogP contribution >= 0.6 is 11.3 Å². The zero-order chi connectivity index (χ0) is 25.0. The SMILES string of the molecule is CCCn1nc(C(=O)NNC(=O)Cc2ccc(S(=O)(=O)N3CCOCC3)s2)c2ccccc2c1=O. The molecule has 2 aromatic heterocycles. The Morgan fingerprint density at radius 1 is 1.09 bits per heavy atom. The maximum Gasteiger partial charge on any atom is 0.290 e. The summed E-state index contributed by atoms with van der Waals surface area (Å²) in [4.78, 5) is 38.3. The van der Waals surface area contributed by atoms with Gasteiger partial charge in [-0.3, -0.25) is 25.2 Å². The number of aromatic nitrogens is 2. The van der Waals surface area contributed by atoms with Crippen molar-refractivity contribution in [1.29, 1.82) is 0 Å². The van der Waals surface area contributed by atoms with E-state index in [1.54, 1.807) is 30.3 Å². The second-order valence-corrected chi connectivity index (χ2v) is 11.2. The Bertz CT molecular complexity index is 1410. The van der Waals surface area contributed by atoms with Crippen molar-refractivity contribution in [3.63, 3.8) is 0 Å². The molecular formula is C22H25N5O6S2. The van der Waals surface area contributed by atoms with Crippen molar-refractivity contribution in [3.8, 4) is 0 Å². The fourth-order valence-corrected chi connectivity index (χ4v) is 6.58. The molecule has 3 aromatic rings. The van der Waals surface area contributed by atoms with Crippen molar-refractivity contribution in [3.05, 3.63) is 57.3 Å². The van der Waals surface area contributed by atoms with E-state index in [2.05, 4.69) is 16.0 Å². The minimum atomic E-state index is -3.64.